The summed E-state index contributed by atoms with van der Waals surface area (Å²) in [6.07, 6.45) is 4.21. The molecular weight excluding hydrogens is 564 g/mol. The third-order valence-electron chi connectivity index (χ3n) is 10.4. The van der Waals surface area contributed by atoms with Crippen LogP contribution in [-0.2, 0) is 20.4 Å². The lowest BCUT2D eigenvalue weighted by molar-refractivity contribution is -0.142. The maximum Gasteiger partial charge on any atom is 0.309 e. The zero-order chi connectivity index (χ0) is 32.7. The Hall–Kier alpha value is -4.57. The highest BCUT2D eigenvalue weighted by Gasteiger charge is 2.49. The molecule has 0 saturated carbocycles. The summed E-state index contributed by atoms with van der Waals surface area (Å²) in [4.78, 5) is 16.4. The molecule has 2 aliphatic heterocycles. The molecule has 2 fully saturated rings. The highest BCUT2D eigenvalue weighted by Crippen LogP contribution is 2.50. The van der Waals surface area contributed by atoms with Gasteiger partial charge in [-0.25, -0.2) is 0 Å². The van der Waals surface area contributed by atoms with E-state index in [9.17, 15) is 4.79 Å². The van der Waals surface area contributed by atoms with Crippen molar-refractivity contribution in [3.63, 3.8) is 0 Å². The summed E-state index contributed by atoms with van der Waals surface area (Å²) in [5, 5.41) is 0. The molecule has 2 unspecified atom stereocenters. The van der Waals surface area contributed by atoms with Crippen LogP contribution < -0.4 is 0 Å². The number of hydrogen-bond donors (Lipinski definition) is 0. The number of nitrogens with zero attached hydrogens (tertiary/aromatic N) is 2. The first-order valence-corrected chi connectivity index (χ1v) is 16.5. The maximum absolute atomic E-state index is 11.8. The van der Waals surface area contributed by atoms with E-state index in [0.29, 0.717) is 19.1 Å². The fourth-order valence-electron chi connectivity index (χ4n) is 7.62. The molecule has 2 saturated heterocycles. The summed E-state index contributed by atoms with van der Waals surface area (Å²) < 4.78 is 5.08. The first-order valence-electron chi connectivity index (χ1n) is 16.5. The first kappa shape index (κ1) is 32.8. The summed E-state index contributed by atoms with van der Waals surface area (Å²) >= 11 is 0. The van der Waals surface area contributed by atoms with Crippen molar-refractivity contribution < 1.29 is 9.53 Å². The van der Waals surface area contributed by atoms with Crippen LogP contribution in [0.1, 0.15) is 62.3 Å². The molecule has 0 aromatic heterocycles. The van der Waals surface area contributed by atoms with Gasteiger partial charge >= 0.3 is 5.97 Å². The molecular formula is C42H48N2O2. The zero-order valence-corrected chi connectivity index (χ0v) is 28.0. The number of rotatable bonds is 7. The molecule has 0 spiro atoms. The molecule has 0 N–H and O–H groups in total. The van der Waals surface area contributed by atoms with Crippen molar-refractivity contribution >= 4 is 5.97 Å². The molecule has 2 heterocycles. The van der Waals surface area contributed by atoms with Crippen molar-refractivity contribution in [1.82, 2.24) is 9.80 Å². The Bertz CT molecular complexity index is 1540. The van der Waals surface area contributed by atoms with Gasteiger partial charge in [-0.1, -0.05) is 134 Å². The standard InChI is InChI=1S/C23H27NO2.C19H21N/c1-4-26-22(25)16-15-21-17-23(18(2)24(21)3,19-11-7-5-8-12-19)20-13-9-6-10-14-20;1-15-14-19(16(2)20(15)3,17-10-6-4-7-11-17)18-12-8-5-9-13-18/h5-15,18H,4,16-17H2,1-3H3;4-13,16H,1,14H2,2-3H3/b21-15-;. The maximum atomic E-state index is 11.8. The van der Waals surface area contributed by atoms with E-state index < -0.39 is 0 Å². The fourth-order valence-corrected chi connectivity index (χ4v) is 7.62. The van der Waals surface area contributed by atoms with E-state index in [0.717, 1.165) is 12.8 Å². The number of esters is 1. The van der Waals surface area contributed by atoms with E-state index in [2.05, 4.69) is 166 Å². The smallest absolute Gasteiger partial charge is 0.309 e. The van der Waals surface area contributed by atoms with E-state index >= 15 is 0 Å². The van der Waals surface area contributed by atoms with Crippen LogP contribution in [0.25, 0.3) is 0 Å². The van der Waals surface area contributed by atoms with Gasteiger partial charge < -0.3 is 14.5 Å². The van der Waals surface area contributed by atoms with Gasteiger partial charge in [-0.15, -0.1) is 0 Å². The van der Waals surface area contributed by atoms with E-state index in [-0.39, 0.29) is 22.8 Å². The molecule has 4 aromatic carbocycles. The monoisotopic (exact) mass is 612 g/mol. The van der Waals surface area contributed by atoms with Gasteiger partial charge in [0.2, 0.25) is 0 Å². The van der Waals surface area contributed by atoms with E-state index in [4.69, 9.17) is 4.74 Å². The van der Waals surface area contributed by atoms with Crippen molar-refractivity contribution in [2.24, 2.45) is 0 Å². The van der Waals surface area contributed by atoms with Gasteiger partial charge in [0.15, 0.2) is 0 Å². The number of likely N-dealkylation sites (N-methyl/N-ethyl adjacent to an activating group) is 2. The van der Waals surface area contributed by atoms with Crippen LogP contribution in [0.15, 0.2) is 145 Å². The molecule has 0 amide bonds. The minimum absolute atomic E-state index is 0.00829. The number of hydrogen-bond acceptors (Lipinski definition) is 4. The van der Waals surface area contributed by atoms with Crippen LogP contribution in [0.4, 0.5) is 0 Å². The van der Waals surface area contributed by atoms with Gasteiger partial charge in [-0.2, -0.15) is 0 Å². The molecule has 238 valence electrons. The second-order valence-electron chi connectivity index (χ2n) is 12.6. The Balaban J connectivity index is 0.000000187. The average molecular weight is 613 g/mol. The van der Waals surface area contributed by atoms with Crippen molar-refractivity contribution in [3.05, 3.63) is 168 Å². The Morgan fingerprint density at radius 3 is 1.41 bits per heavy atom. The highest BCUT2D eigenvalue weighted by molar-refractivity contribution is 5.71. The van der Waals surface area contributed by atoms with Crippen molar-refractivity contribution in [1.29, 1.82) is 0 Å². The summed E-state index contributed by atoms with van der Waals surface area (Å²) in [5.41, 5.74) is 7.67. The zero-order valence-electron chi connectivity index (χ0n) is 28.0. The number of carbonyl (C=O) groups is 1. The summed E-state index contributed by atoms with van der Waals surface area (Å²) in [6, 6.07) is 43.8. The van der Waals surface area contributed by atoms with Crippen LogP contribution >= 0.6 is 0 Å². The quantitative estimate of drug-likeness (QED) is 0.195. The third-order valence-corrected chi connectivity index (χ3v) is 10.4. The van der Waals surface area contributed by atoms with Gasteiger partial charge in [0.25, 0.3) is 0 Å². The minimum atomic E-state index is -0.169. The number of ether oxygens (including phenoxy) is 1. The summed E-state index contributed by atoms with van der Waals surface area (Å²) in [6.45, 7) is 11.1. The fraction of sp³-hybridized carbons (Fsp3) is 0.310. The second kappa shape index (κ2) is 14.2. The molecule has 0 bridgehead atoms. The van der Waals surface area contributed by atoms with E-state index in [1.54, 1.807) is 0 Å². The topological polar surface area (TPSA) is 32.8 Å². The predicted octanol–water partition coefficient (Wildman–Crippen LogP) is 8.74. The van der Waals surface area contributed by atoms with Gasteiger partial charge in [-0.05, 0) is 43.0 Å². The molecule has 4 nitrogen and oxygen atoms in total. The van der Waals surface area contributed by atoms with Crippen LogP contribution in [0, 0.1) is 0 Å². The van der Waals surface area contributed by atoms with Crippen LogP contribution in [-0.4, -0.2) is 48.6 Å². The number of carbonyl (C=O) groups excluding carboxylic acids is 1. The SMILES string of the molecule is C=C1CC(c2ccccc2)(c2ccccc2)C(C)N1C.CCOC(=O)C/C=C1/CC(c2ccccc2)(c2ccccc2)C(C)N1C. The molecule has 46 heavy (non-hydrogen) atoms. The molecule has 4 heteroatoms. The van der Waals surface area contributed by atoms with Crippen molar-refractivity contribution in [2.75, 3.05) is 20.7 Å². The van der Waals surface area contributed by atoms with Crippen LogP contribution in [0.5, 0.6) is 0 Å². The number of benzene rings is 4. The molecule has 6 rings (SSSR count). The van der Waals surface area contributed by atoms with E-state index in [1.165, 1.54) is 33.6 Å². The molecule has 4 aromatic rings. The normalized spacial score (nSPS) is 20.7. The van der Waals surface area contributed by atoms with E-state index in [1.807, 2.05) is 13.0 Å². The third kappa shape index (κ3) is 6.13. The van der Waals surface area contributed by atoms with Gasteiger partial charge in [0.1, 0.15) is 0 Å². The lowest BCUT2D eigenvalue weighted by atomic mass is 9.69. The van der Waals surface area contributed by atoms with Crippen molar-refractivity contribution in [2.45, 2.75) is 62.9 Å². The molecule has 2 atom stereocenters. The summed E-state index contributed by atoms with van der Waals surface area (Å²) in [7, 11) is 4.27. The second-order valence-corrected chi connectivity index (χ2v) is 12.6. The first-order chi connectivity index (χ1) is 22.3. The van der Waals surface area contributed by atoms with Gasteiger partial charge in [0, 0.05) is 61.2 Å². The Morgan fingerprint density at radius 2 is 1.07 bits per heavy atom. The van der Waals surface area contributed by atoms with Crippen LogP contribution in [0.2, 0.25) is 0 Å². The lowest BCUT2D eigenvalue weighted by Gasteiger charge is -2.36. The molecule has 0 aliphatic carbocycles. The Morgan fingerprint density at radius 1 is 0.696 bits per heavy atom. The predicted molar refractivity (Wildman–Crippen MR) is 189 cm³/mol. The summed E-state index contributed by atoms with van der Waals surface area (Å²) in [5.74, 6) is -0.169. The number of likely N-dealkylation sites (tertiary alicyclic amines) is 2. The van der Waals surface area contributed by atoms with Crippen molar-refractivity contribution in [3.8, 4) is 0 Å². The largest absolute Gasteiger partial charge is 0.466 e. The molecule has 2 aliphatic rings. The Kier molecular flexibility index (Phi) is 10.2. The van der Waals surface area contributed by atoms with Gasteiger partial charge in [-0.3, -0.25) is 4.79 Å². The Labute approximate surface area is 276 Å². The van der Waals surface area contributed by atoms with Gasteiger partial charge in [0.05, 0.1) is 13.0 Å². The highest BCUT2D eigenvalue weighted by atomic mass is 16.5. The molecule has 0 radical (unpaired) electrons. The average Bonchev–Trinajstić information content (AvgIpc) is 3.50. The minimum Gasteiger partial charge on any atom is -0.466 e. The van der Waals surface area contributed by atoms with Crippen LogP contribution in [0.3, 0.4) is 0 Å². The lowest BCUT2D eigenvalue weighted by Crippen LogP contribution is -2.39. The number of allylic oxidation sites excluding steroid dienone is 2.